The van der Waals surface area contributed by atoms with Gasteiger partial charge in [-0.15, -0.1) is 5.53 Å². The third-order valence-corrected chi connectivity index (χ3v) is 3.60. The summed E-state index contributed by atoms with van der Waals surface area (Å²) in [6.45, 7) is 0. The van der Waals surface area contributed by atoms with Gasteiger partial charge in [0.25, 0.3) is 0 Å². The van der Waals surface area contributed by atoms with E-state index in [9.17, 15) is 14.4 Å². The fourth-order valence-corrected chi connectivity index (χ4v) is 2.53. The van der Waals surface area contributed by atoms with Gasteiger partial charge in [0.15, 0.2) is 0 Å². The number of benzene rings is 1. The van der Waals surface area contributed by atoms with Crippen molar-refractivity contribution in [2.45, 2.75) is 12.1 Å². The summed E-state index contributed by atoms with van der Waals surface area (Å²) in [6, 6.07) is 6.10. The Hall–Kier alpha value is -2.95. The second-order valence-electron chi connectivity index (χ2n) is 5.00. The molecule has 2 heterocycles. The van der Waals surface area contributed by atoms with Gasteiger partial charge in [-0.3, -0.25) is 4.79 Å². The van der Waals surface area contributed by atoms with Crippen molar-refractivity contribution in [2.75, 3.05) is 7.11 Å². The first-order valence-corrected chi connectivity index (χ1v) is 6.92. The molecule has 4 N–H and O–H groups in total. The van der Waals surface area contributed by atoms with Crippen LogP contribution in [0.2, 0.25) is 0 Å². The van der Waals surface area contributed by atoms with Crippen LogP contribution in [0.4, 0.5) is 4.79 Å². The zero-order chi connectivity index (χ0) is 17.3. The maximum Gasteiger partial charge on any atom is 0.438 e. The van der Waals surface area contributed by atoms with Gasteiger partial charge in [-0.1, -0.05) is 18.2 Å². The van der Waals surface area contributed by atoms with Gasteiger partial charge in [0.05, 0.1) is 13.2 Å². The number of ether oxygens (including phenoxy) is 1. The van der Waals surface area contributed by atoms with Crippen molar-refractivity contribution in [2.24, 2.45) is 0 Å². The number of rotatable bonds is 2. The summed E-state index contributed by atoms with van der Waals surface area (Å²) < 4.78 is 9.85. The highest BCUT2D eigenvalue weighted by molar-refractivity contribution is 5.83. The fourth-order valence-electron chi connectivity index (χ4n) is 2.53. The molecule has 2 unspecified atom stereocenters. The van der Waals surface area contributed by atoms with E-state index in [1.54, 1.807) is 24.3 Å². The third-order valence-electron chi connectivity index (χ3n) is 3.60. The molecule has 0 radical (unpaired) electrons. The highest BCUT2D eigenvalue weighted by Gasteiger charge is 2.38. The van der Waals surface area contributed by atoms with Gasteiger partial charge in [-0.2, -0.15) is 5.12 Å². The third kappa shape index (κ3) is 2.80. The van der Waals surface area contributed by atoms with Crippen LogP contribution in [-0.2, 0) is 9.53 Å². The molecule has 1 aliphatic rings. The van der Waals surface area contributed by atoms with E-state index in [2.05, 4.69) is 16.4 Å². The smallest absolute Gasteiger partial charge is 0.438 e. The molecule has 0 aliphatic carbocycles. The molecule has 3 rings (SSSR count). The second kappa shape index (κ2) is 6.28. The van der Waals surface area contributed by atoms with Crippen molar-refractivity contribution in [3.63, 3.8) is 0 Å². The van der Waals surface area contributed by atoms with Crippen LogP contribution in [0.3, 0.4) is 0 Å². The number of hydrazine groups is 3. The summed E-state index contributed by atoms with van der Waals surface area (Å²) >= 11 is 0. The number of esters is 1. The SMILES string of the molecule is COC(=O)C1NNN(C(=O)O)NC1c1cc(=O)oc2ccccc12. The normalized spacial score (nSPS) is 20.8. The molecule has 0 spiro atoms. The molecule has 1 aromatic heterocycles. The minimum Gasteiger partial charge on any atom is -0.468 e. The quantitative estimate of drug-likeness (QED) is 0.438. The number of methoxy groups -OCH3 is 1. The van der Waals surface area contributed by atoms with Gasteiger partial charge < -0.3 is 14.3 Å². The standard InChI is InChI=1S/C14H14N4O6/c1-23-13(20)12-11(16-18(14(21)22)17-15-12)8-6-10(19)24-9-5-3-2-4-7(8)9/h2-6,11-12,15-17H,1H3,(H,21,22). The zero-order valence-corrected chi connectivity index (χ0v) is 12.5. The number of fused-ring (bicyclic) bond motifs is 1. The Labute approximate surface area is 134 Å². The Morgan fingerprint density at radius 1 is 1.33 bits per heavy atom. The monoisotopic (exact) mass is 334 g/mol. The van der Waals surface area contributed by atoms with E-state index in [1.807, 2.05) is 0 Å². The van der Waals surface area contributed by atoms with Crippen LogP contribution in [0.1, 0.15) is 11.6 Å². The highest BCUT2D eigenvalue weighted by atomic mass is 16.5. The van der Waals surface area contributed by atoms with Gasteiger partial charge in [-0.25, -0.2) is 20.4 Å². The largest absolute Gasteiger partial charge is 0.468 e. The summed E-state index contributed by atoms with van der Waals surface area (Å²) in [5, 5.41) is 10.3. The molecule has 24 heavy (non-hydrogen) atoms. The summed E-state index contributed by atoms with van der Waals surface area (Å²) in [5.41, 5.74) is 7.62. The lowest BCUT2D eigenvalue weighted by Crippen LogP contribution is -2.69. The molecular weight excluding hydrogens is 320 g/mol. The number of hydrogen-bond acceptors (Lipinski definition) is 8. The van der Waals surface area contributed by atoms with E-state index in [0.29, 0.717) is 21.7 Å². The summed E-state index contributed by atoms with van der Waals surface area (Å²) in [4.78, 5) is 35.0. The Bertz CT molecular complexity index is 851. The van der Waals surface area contributed by atoms with Gasteiger partial charge in [0.1, 0.15) is 11.6 Å². The molecule has 1 amide bonds. The molecule has 0 saturated carbocycles. The van der Waals surface area contributed by atoms with Gasteiger partial charge in [-0.05, 0) is 11.6 Å². The predicted octanol–water partition coefficient (Wildman–Crippen LogP) is -0.117. The first-order valence-electron chi connectivity index (χ1n) is 6.92. The Kier molecular flexibility index (Phi) is 4.16. The molecule has 0 bridgehead atoms. The lowest BCUT2D eigenvalue weighted by Gasteiger charge is -2.37. The van der Waals surface area contributed by atoms with Crippen molar-refractivity contribution in [3.8, 4) is 0 Å². The van der Waals surface area contributed by atoms with Crippen molar-refractivity contribution >= 4 is 23.0 Å². The van der Waals surface area contributed by atoms with Crippen molar-refractivity contribution in [1.29, 1.82) is 0 Å². The Balaban J connectivity index is 2.13. The van der Waals surface area contributed by atoms with E-state index in [0.717, 1.165) is 0 Å². The zero-order valence-electron chi connectivity index (χ0n) is 12.5. The molecule has 1 saturated heterocycles. The highest BCUT2D eigenvalue weighted by Crippen LogP contribution is 2.26. The first-order chi connectivity index (χ1) is 11.5. The van der Waals surface area contributed by atoms with Crippen molar-refractivity contribution in [3.05, 3.63) is 46.3 Å². The molecule has 1 aromatic carbocycles. The first kappa shape index (κ1) is 15.9. The molecule has 2 atom stereocenters. The van der Waals surface area contributed by atoms with E-state index in [4.69, 9.17) is 14.3 Å². The number of hydrogen-bond donors (Lipinski definition) is 4. The fraction of sp³-hybridized carbons (Fsp3) is 0.214. The Morgan fingerprint density at radius 3 is 2.79 bits per heavy atom. The number of carbonyl (C=O) groups excluding carboxylic acids is 1. The summed E-state index contributed by atoms with van der Waals surface area (Å²) in [5.74, 6) is -0.637. The predicted molar refractivity (Wildman–Crippen MR) is 80.3 cm³/mol. The van der Waals surface area contributed by atoms with Gasteiger partial charge in [0.2, 0.25) is 0 Å². The van der Waals surface area contributed by atoms with Gasteiger partial charge in [0, 0.05) is 11.5 Å². The van der Waals surface area contributed by atoms with E-state index < -0.39 is 29.8 Å². The molecule has 126 valence electrons. The molecule has 10 heteroatoms. The van der Waals surface area contributed by atoms with Crippen LogP contribution >= 0.6 is 0 Å². The van der Waals surface area contributed by atoms with Gasteiger partial charge >= 0.3 is 17.7 Å². The van der Waals surface area contributed by atoms with Crippen LogP contribution < -0.4 is 22.0 Å². The molecule has 2 aromatic rings. The topological polar surface area (TPSA) is 133 Å². The second-order valence-corrected chi connectivity index (χ2v) is 5.00. The molecule has 1 aliphatic heterocycles. The average molecular weight is 334 g/mol. The number of amides is 1. The van der Waals surface area contributed by atoms with Crippen molar-refractivity contribution < 1.29 is 23.8 Å². The van der Waals surface area contributed by atoms with Crippen LogP contribution in [0, 0.1) is 0 Å². The number of carbonyl (C=O) groups is 2. The average Bonchev–Trinajstić information content (AvgIpc) is 2.59. The summed E-state index contributed by atoms with van der Waals surface area (Å²) in [7, 11) is 1.21. The lowest BCUT2D eigenvalue weighted by molar-refractivity contribution is -0.148. The summed E-state index contributed by atoms with van der Waals surface area (Å²) in [6.07, 6.45) is -1.33. The van der Waals surface area contributed by atoms with E-state index in [-0.39, 0.29) is 0 Å². The molecule has 1 fully saturated rings. The van der Waals surface area contributed by atoms with Crippen LogP contribution in [0.15, 0.2) is 39.5 Å². The number of nitrogens with zero attached hydrogens (tertiary/aromatic N) is 1. The van der Waals surface area contributed by atoms with Crippen LogP contribution in [0.5, 0.6) is 0 Å². The number of para-hydroxylation sites is 1. The van der Waals surface area contributed by atoms with E-state index >= 15 is 0 Å². The lowest BCUT2D eigenvalue weighted by atomic mass is 9.97. The van der Waals surface area contributed by atoms with Crippen molar-refractivity contribution in [1.82, 2.24) is 21.5 Å². The Morgan fingerprint density at radius 2 is 2.08 bits per heavy atom. The minimum absolute atomic E-state index is 0.325. The maximum atomic E-state index is 12.0. The molecule has 10 nitrogen and oxygen atoms in total. The van der Waals surface area contributed by atoms with Crippen LogP contribution in [0.25, 0.3) is 11.0 Å². The number of nitrogens with one attached hydrogen (secondary N) is 3. The number of carboxylic acid groups (broad SMARTS) is 1. The van der Waals surface area contributed by atoms with E-state index in [1.165, 1.54) is 13.2 Å². The molecular formula is C14H14N4O6. The minimum atomic E-state index is -1.33. The van der Waals surface area contributed by atoms with Crippen LogP contribution in [-0.4, -0.2) is 35.4 Å². The maximum absolute atomic E-state index is 12.0.